The Hall–Kier alpha value is -1.55. The molecule has 0 aliphatic carbocycles. The third kappa shape index (κ3) is 13.5. The molecule has 41 heavy (non-hydrogen) atoms. The summed E-state index contributed by atoms with van der Waals surface area (Å²) in [4.78, 5) is 0. The maximum atomic E-state index is 13.9. The summed E-state index contributed by atoms with van der Waals surface area (Å²) in [5, 5.41) is 3.33. The standard InChI is InChI=1S/C25H33F11O4S/c1-2-21(26,27)11-22(28,29)5-3-7-37-14-20(16-39-18-9-41-10-19(18)40-17-20)15-38-8-4-6-23(30,31)12-24(32,33)13-25(34,35)36/h9-10H,2-8,11-17H2,1H3. The van der Waals surface area contributed by atoms with Gasteiger partial charge in [-0.05, 0) is 12.8 Å². The summed E-state index contributed by atoms with van der Waals surface area (Å²) in [7, 11) is 0. The highest BCUT2D eigenvalue weighted by atomic mass is 32.1. The van der Waals surface area contributed by atoms with Crippen LogP contribution in [0.1, 0.15) is 58.3 Å². The van der Waals surface area contributed by atoms with Crippen molar-refractivity contribution < 1.29 is 67.2 Å². The first-order valence-electron chi connectivity index (χ1n) is 12.8. The van der Waals surface area contributed by atoms with Crippen molar-refractivity contribution in [3.8, 4) is 11.5 Å². The average molecular weight is 639 g/mol. The molecule has 0 unspecified atom stereocenters. The van der Waals surface area contributed by atoms with Crippen LogP contribution in [0, 0.1) is 5.41 Å². The molecule has 0 atom stereocenters. The molecule has 0 saturated heterocycles. The second-order valence-electron chi connectivity index (χ2n) is 10.4. The lowest BCUT2D eigenvalue weighted by Gasteiger charge is -2.31. The molecule has 1 aromatic heterocycles. The summed E-state index contributed by atoms with van der Waals surface area (Å²) in [6, 6.07) is 0. The molecule has 0 spiro atoms. The van der Waals surface area contributed by atoms with Gasteiger partial charge in [0.15, 0.2) is 11.5 Å². The molecular weight excluding hydrogens is 605 g/mol. The molecule has 0 saturated carbocycles. The zero-order valence-electron chi connectivity index (χ0n) is 22.3. The third-order valence-electron chi connectivity index (χ3n) is 6.15. The number of rotatable bonds is 18. The molecule has 0 N–H and O–H groups in total. The van der Waals surface area contributed by atoms with E-state index in [9.17, 15) is 48.3 Å². The minimum atomic E-state index is -5.30. The predicted molar refractivity (Wildman–Crippen MR) is 128 cm³/mol. The van der Waals surface area contributed by atoms with Gasteiger partial charge in [0.25, 0.3) is 23.7 Å². The quantitative estimate of drug-likeness (QED) is 0.119. The van der Waals surface area contributed by atoms with Crippen molar-refractivity contribution in [1.29, 1.82) is 0 Å². The first-order valence-corrected chi connectivity index (χ1v) is 13.8. The lowest BCUT2D eigenvalue weighted by Crippen LogP contribution is -2.42. The zero-order valence-corrected chi connectivity index (χ0v) is 23.1. The number of ether oxygens (including phenoxy) is 4. The summed E-state index contributed by atoms with van der Waals surface area (Å²) in [5.41, 5.74) is -1.04. The van der Waals surface area contributed by atoms with E-state index >= 15 is 0 Å². The Bertz CT molecular complexity index is 899. The summed E-state index contributed by atoms with van der Waals surface area (Å²) in [6.45, 7) is 0.0899. The summed E-state index contributed by atoms with van der Waals surface area (Å²) >= 11 is 1.31. The van der Waals surface area contributed by atoms with E-state index in [0.717, 1.165) is 6.92 Å². The predicted octanol–water partition coefficient (Wildman–Crippen LogP) is 8.78. The van der Waals surface area contributed by atoms with E-state index < -0.39 is 80.2 Å². The van der Waals surface area contributed by atoms with Crippen molar-refractivity contribution in [1.82, 2.24) is 0 Å². The fourth-order valence-corrected chi connectivity index (χ4v) is 4.74. The lowest BCUT2D eigenvalue weighted by atomic mass is 9.92. The van der Waals surface area contributed by atoms with Crippen molar-refractivity contribution >= 4 is 11.3 Å². The molecular formula is C25H33F11O4S. The maximum Gasteiger partial charge on any atom is 0.394 e. The smallest absolute Gasteiger partial charge is 0.394 e. The second-order valence-corrected chi connectivity index (χ2v) is 11.2. The van der Waals surface area contributed by atoms with Crippen molar-refractivity contribution in [3.63, 3.8) is 0 Å². The minimum absolute atomic E-state index is 0.0462. The van der Waals surface area contributed by atoms with Crippen LogP contribution in [-0.2, 0) is 9.47 Å². The van der Waals surface area contributed by atoms with Crippen LogP contribution in [0.15, 0.2) is 10.8 Å². The van der Waals surface area contributed by atoms with Crippen LogP contribution in [-0.4, -0.2) is 69.5 Å². The average Bonchev–Trinajstić information content (AvgIpc) is 3.18. The highest BCUT2D eigenvalue weighted by Crippen LogP contribution is 2.41. The monoisotopic (exact) mass is 638 g/mol. The molecule has 0 aromatic carbocycles. The molecule has 0 fully saturated rings. The van der Waals surface area contributed by atoms with Gasteiger partial charge in [-0.1, -0.05) is 6.92 Å². The normalized spacial score (nSPS) is 16.6. The number of fused-ring (bicyclic) bond motifs is 1. The molecule has 16 heteroatoms. The Kier molecular flexibility index (Phi) is 12.4. The van der Waals surface area contributed by atoms with Gasteiger partial charge < -0.3 is 18.9 Å². The number of alkyl halides is 11. The fraction of sp³-hybridized carbons (Fsp3) is 0.840. The number of halogens is 11. The Morgan fingerprint density at radius 1 is 0.683 bits per heavy atom. The van der Waals surface area contributed by atoms with E-state index in [4.69, 9.17) is 18.9 Å². The molecule has 1 aliphatic heterocycles. The molecule has 240 valence electrons. The summed E-state index contributed by atoms with van der Waals surface area (Å²) < 4.78 is 168. The SMILES string of the molecule is CCC(F)(F)CC(F)(F)CCCOCC1(COCCCC(F)(F)CC(F)(F)CC(F)(F)F)COc2cscc2OC1. The topological polar surface area (TPSA) is 36.9 Å². The number of thiophene rings is 1. The lowest BCUT2D eigenvalue weighted by molar-refractivity contribution is -0.206. The molecule has 4 nitrogen and oxygen atoms in total. The van der Waals surface area contributed by atoms with Crippen LogP contribution in [0.2, 0.25) is 0 Å². The van der Waals surface area contributed by atoms with Crippen LogP contribution in [0.5, 0.6) is 11.5 Å². The van der Waals surface area contributed by atoms with Crippen molar-refractivity contribution in [2.45, 2.75) is 88.2 Å². The van der Waals surface area contributed by atoms with Gasteiger partial charge in [0.2, 0.25) is 0 Å². The van der Waals surface area contributed by atoms with E-state index in [0.29, 0.717) is 11.5 Å². The minimum Gasteiger partial charge on any atom is -0.488 e. The van der Waals surface area contributed by atoms with Crippen LogP contribution >= 0.6 is 11.3 Å². The van der Waals surface area contributed by atoms with Crippen LogP contribution in [0.4, 0.5) is 48.3 Å². The maximum absolute atomic E-state index is 13.9. The van der Waals surface area contributed by atoms with E-state index in [1.807, 2.05) is 0 Å². The van der Waals surface area contributed by atoms with Gasteiger partial charge in [0.1, 0.15) is 19.6 Å². The van der Waals surface area contributed by atoms with E-state index in [2.05, 4.69) is 0 Å². The van der Waals surface area contributed by atoms with Gasteiger partial charge in [0.05, 0.1) is 31.5 Å². The molecule has 0 amide bonds. The van der Waals surface area contributed by atoms with Gasteiger partial charge in [0, 0.05) is 43.2 Å². The van der Waals surface area contributed by atoms with Crippen LogP contribution in [0.25, 0.3) is 0 Å². The summed E-state index contributed by atoms with van der Waals surface area (Å²) in [5.74, 6) is -14.9. The van der Waals surface area contributed by atoms with E-state index in [-0.39, 0.29) is 46.1 Å². The van der Waals surface area contributed by atoms with Crippen LogP contribution in [0.3, 0.4) is 0 Å². The number of hydrogen-bond donors (Lipinski definition) is 0. The van der Waals surface area contributed by atoms with Gasteiger partial charge in [-0.2, -0.15) is 13.2 Å². The molecule has 1 aromatic rings. The number of hydrogen-bond acceptors (Lipinski definition) is 5. The fourth-order valence-electron chi connectivity index (χ4n) is 4.05. The van der Waals surface area contributed by atoms with Crippen molar-refractivity contribution in [3.05, 3.63) is 10.8 Å². The first-order chi connectivity index (χ1) is 18.8. The molecule has 0 bridgehead atoms. The summed E-state index contributed by atoms with van der Waals surface area (Å²) in [6.07, 6.45) is -15.1. The van der Waals surface area contributed by atoms with Crippen molar-refractivity contribution in [2.24, 2.45) is 5.41 Å². The van der Waals surface area contributed by atoms with Gasteiger partial charge in [-0.3, -0.25) is 0 Å². The molecule has 2 rings (SSSR count). The van der Waals surface area contributed by atoms with Gasteiger partial charge in [-0.25, -0.2) is 35.1 Å². The highest BCUT2D eigenvalue weighted by Gasteiger charge is 2.49. The Balaban J connectivity index is 1.86. The second kappa shape index (κ2) is 14.3. The van der Waals surface area contributed by atoms with E-state index in [1.165, 1.54) is 11.3 Å². The zero-order chi connectivity index (χ0) is 31.0. The molecule has 2 heterocycles. The van der Waals surface area contributed by atoms with Crippen LogP contribution < -0.4 is 9.47 Å². The third-order valence-corrected chi connectivity index (χ3v) is 6.85. The Morgan fingerprint density at radius 3 is 1.54 bits per heavy atom. The van der Waals surface area contributed by atoms with Gasteiger partial charge >= 0.3 is 6.18 Å². The Labute approximate surface area is 234 Å². The molecule has 1 aliphatic rings. The first kappa shape index (κ1) is 35.6. The van der Waals surface area contributed by atoms with Gasteiger partial charge in [-0.15, -0.1) is 11.3 Å². The van der Waals surface area contributed by atoms with Crippen molar-refractivity contribution in [2.75, 3.05) is 39.6 Å². The highest BCUT2D eigenvalue weighted by molar-refractivity contribution is 7.08. The van der Waals surface area contributed by atoms with E-state index in [1.54, 1.807) is 10.8 Å². The molecule has 0 radical (unpaired) electrons. The largest absolute Gasteiger partial charge is 0.488 e. The Morgan fingerprint density at radius 2 is 1.12 bits per heavy atom.